The molecule has 14 amide bonds. The number of ether oxygens (including phenoxy) is 1. The molecule has 634 valence electrons. The Balaban J connectivity index is 1.89. The summed E-state index contributed by atoms with van der Waals surface area (Å²) in [6.07, 6.45) is -4.11. The number of nitrogens with two attached hydrogens (primary N) is 2. The van der Waals surface area contributed by atoms with E-state index in [1.54, 1.807) is 30.5 Å². The molecule has 44 heteroatoms. The molecule has 3 aromatic rings. The van der Waals surface area contributed by atoms with Gasteiger partial charge in [0.1, 0.15) is 72.6 Å². The molecule has 0 unspecified atom stereocenters. The molecule has 2 heterocycles. The number of para-hydroxylation sites is 2. The van der Waals surface area contributed by atoms with Gasteiger partial charge in [0.15, 0.2) is 5.78 Å². The minimum absolute atomic E-state index is 0.0331. The molecule has 1 aliphatic heterocycles. The van der Waals surface area contributed by atoms with Crippen molar-refractivity contribution in [1.82, 2.24) is 74.1 Å². The third-order valence-corrected chi connectivity index (χ3v) is 17.8. The average Bonchev–Trinajstić information content (AvgIpc) is 1.39. The lowest BCUT2D eigenvalue weighted by Gasteiger charge is -2.30. The Hall–Kier alpha value is -13.2. The highest BCUT2D eigenvalue weighted by atomic mass is 16.5. The summed E-state index contributed by atoms with van der Waals surface area (Å²) in [4.78, 5) is 288. The molecule has 0 spiro atoms. The number of carbonyl (C=O) groups excluding carboxylic acids is 16. The maximum Gasteiger partial charge on any atom is 0.329 e. The fraction of sp³-hybridized carbons (Fsp3) is 0.514. The van der Waals surface area contributed by atoms with Crippen molar-refractivity contribution in [1.29, 1.82) is 0 Å². The van der Waals surface area contributed by atoms with Gasteiger partial charge in [-0.05, 0) is 56.4 Å². The van der Waals surface area contributed by atoms with Crippen LogP contribution in [-0.2, 0) is 107 Å². The number of fused-ring (bicyclic) bond motifs is 1. The number of carbonyl (C=O) groups is 21. The number of nitrogen functional groups attached to an aromatic ring is 1. The number of unbranched alkanes of at least 4 members (excludes halogenated alkanes) is 6. The van der Waals surface area contributed by atoms with Crippen molar-refractivity contribution in [3.63, 3.8) is 0 Å². The predicted octanol–water partition coefficient (Wildman–Crippen LogP) is -5.50. The first kappa shape index (κ1) is 95.2. The van der Waals surface area contributed by atoms with Gasteiger partial charge >= 0.3 is 35.8 Å². The van der Waals surface area contributed by atoms with Crippen molar-refractivity contribution in [3.05, 3.63) is 65.9 Å². The lowest BCUT2D eigenvalue weighted by Crippen LogP contribution is -2.62. The van der Waals surface area contributed by atoms with E-state index in [1.807, 2.05) is 31.9 Å². The van der Waals surface area contributed by atoms with Gasteiger partial charge in [0.25, 0.3) is 0 Å². The molecule has 13 atom stereocenters. The van der Waals surface area contributed by atoms with E-state index < -0.39 is 274 Å². The zero-order valence-electron chi connectivity index (χ0n) is 63.7. The number of aromatic nitrogens is 1. The molecule has 1 fully saturated rings. The number of rotatable bonds is 35. The fourth-order valence-electron chi connectivity index (χ4n) is 11.7. The van der Waals surface area contributed by atoms with Crippen LogP contribution in [0.5, 0.6) is 0 Å². The summed E-state index contributed by atoms with van der Waals surface area (Å²) in [7, 11) is 0. The number of carboxylic acid groups (broad SMARTS) is 5. The third-order valence-electron chi connectivity index (χ3n) is 17.8. The van der Waals surface area contributed by atoms with Crippen LogP contribution in [0.15, 0.2) is 54.7 Å². The summed E-state index contributed by atoms with van der Waals surface area (Å²) in [6.45, 7) is 1.00. The van der Waals surface area contributed by atoms with E-state index in [1.165, 1.54) is 24.3 Å². The number of nitrogens with one attached hydrogen (secondary N) is 14. The van der Waals surface area contributed by atoms with Gasteiger partial charge in [-0.15, -0.1) is 0 Å². The SMILES string of the molecule is CCCCCCCCCC(=O)N[C@@H](Cc1c[nH]c2ccccc12)C(=O)N[C@@H](CC(N)=O)C(=O)N[C@@H](CC(=O)O)C(=O)N[C@@H]1C(=O)NCC(=O)N[C@@H](CCC(=O)O)C(=O)N[C@@H](CC(=O)O)C(=O)N[C@H](C)C(=O)N[C@@H](CC(=O)O)C(=O)NCC(=O)N[C@H](CO)C(=O)N[C@@H]([C@@H](C)CC(=O)O)C(=O)N[C@@H](CC(=O)c2ccccc2N)C(=O)O[C@@H]1C. The van der Waals surface area contributed by atoms with Crippen LogP contribution in [0.25, 0.3) is 10.9 Å². The number of cyclic esters (lactones) is 1. The van der Waals surface area contributed by atoms with Crippen LogP contribution in [-0.4, -0.2) is 252 Å². The first-order valence-electron chi connectivity index (χ1n) is 36.7. The van der Waals surface area contributed by atoms with E-state index in [0.717, 1.165) is 52.9 Å². The molecule has 1 saturated heterocycles. The van der Waals surface area contributed by atoms with Crippen LogP contribution in [0.1, 0.15) is 146 Å². The Kier molecular flexibility index (Phi) is 38.9. The second kappa shape index (κ2) is 47.4. The van der Waals surface area contributed by atoms with Crippen molar-refractivity contribution < 1.29 is 136 Å². The summed E-state index contributed by atoms with van der Waals surface area (Å²) < 4.78 is 5.65. The highest BCUT2D eigenvalue weighted by Gasteiger charge is 2.41. The number of aliphatic hydroxyl groups is 1. The summed E-state index contributed by atoms with van der Waals surface area (Å²) in [5, 5.41) is 87.5. The number of aliphatic hydroxyl groups excluding tert-OH is 1. The number of carboxylic acids is 5. The zero-order chi connectivity index (χ0) is 86.6. The second-order valence-electron chi connectivity index (χ2n) is 27.3. The summed E-state index contributed by atoms with van der Waals surface area (Å²) in [5.74, 6) is -32.4. The maximum absolute atomic E-state index is 14.8. The van der Waals surface area contributed by atoms with E-state index in [2.05, 4.69) is 49.1 Å². The smallest absolute Gasteiger partial charge is 0.329 e. The number of ketones is 1. The Morgan fingerprint density at radius 1 is 0.526 bits per heavy atom. The highest BCUT2D eigenvalue weighted by Crippen LogP contribution is 2.22. The topological polar surface area (TPSA) is 713 Å². The van der Waals surface area contributed by atoms with Gasteiger partial charge < -0.3 is 121 Å². The molecule has 24 N–H and O–H groups in total. The quantitative estimate of drug-likeness (QED) is 0.0113. The van der Waals surface area contributed by atoms with Crippen molar-refractivity contribution in [2.75, 3.05) is 25.4 Å². The van der Waals surface area contributed by atoms with E-state index in [9.17, 15) is 131 Å². The van der Waals surface area contributed by atoms with Crippen molar-refractivity contribution in [2.24, 2.45) is 11.7 Å². The van der Waals surface area contributed by atoms with Gasteiger partial charge in [-0.1, -0.05) is 82.7 Å². The number of esters is 1. The van der Waals surface area contributed by atoms with Gasteiger partial charge in [0, 0.05) is 54.0 Å². The van der Waals surface area contributed by atoms with E-state index in [0.29, 0.717) is 29.3 Å². The summed E-state index contributed by atoms with van der Waals surface area (Å²) in [6, 6.07) is -11.4. The number of amides is 14. The highest BCUT2D eigenvalue weighted by molar-refractivity contribution is 6.05. The van der Waals surface area contributed by atoms with Gasteiger partial charge in [0.2, 0.25) is 82.7 Å². The van der Waals surface area contributed by atoms with Crippen molar-refractivity contribution in [3.8, 4) is 0 Å². The van der Waals surface area contributed by atoms with Crippen LogP contribution >= 0.6 is 0 Å². The van der Waals surface area contributed by atoms with Gasteiger partial charge in [-0.3, -0.25) is 95.9 Å². The average molecular weight is 1640 g/mol. The first-order valence-corrected chi connectivity index (χ1v) is 36.7. The number of aromatic amines is 1. The lowest BCUT2D eigenvalue weighted by molar-refractivity contribution is -0.156. The number of anilines is 1. The Labute approximate surface area is 661 Å². The molecule has 44 nitrogen and oxygen atoms in total. The molecule has 4 rings (SSSR count). The monoisotopic (exact) mass is 1630 g/mol. The van der Waals surface area contributed by atoms with Crippen LogP contribution in [0.3, 0.4) is 0 Å². The van der Waals surface area contributed by atoms with Gasteiger partial charge in [-0.25, -0.2) is 4.79 Å². The van der Waals surface area contributed by atoms with Gasteiger partial charge in [-0.2, -0.15) is 0 Å². The Bertz CT molecular complexity index is 4130. The summed E-state index contributed by atoms with van der Waals surface area (Å²) in [5.41, 5.74) is 12.3. The molecule has 1 aromatic heterocycles. The molecule has 0 bridgehead atoms. The fourth-order valence-corrected chi connectivity index (χ4v) is 11.7. The lowest BCUT2D eigenvalue weighted by atomic mass is 9.96. The van der Waals surface area contributed by atoms with E-state index >= 15 is 0 Å². The van der Waals surface area contributed by atoms with Crippen LogP contribution in [0.2, 0.25) is 0 Å². The number of aliphatic carboxylic acids is 5. The zero-order valence-corrected chi connectivity index (χ0v) is 63.7. The number of Topliss-reactive ketones (excluding diaryl/α,β-unsaturated/α-hetero) is 1. The van der Waals surface area contributed by atoms with Crippen molar-refractivity contribution in [2.45, 2.75) is 209 Å². The summed E-state index contributed by atoms with van der Waals surface area (Å²) >= 11 is 0. The molecule has 1 aliphatic rings. The van der Waals surface area contributed by atoms with E-state index in [-0.39, 0.29) is 24.1 Å². The second-order valence-corrected chi connectivity index (χ2v) is 27.3. The third kappa shape index (κ3) is 32.5. The first-order chi connectivity index (χ1) is 54.7. The minimum Gasteiger partial charge on any atom is -0.481 e. The molecule has 116 heavy (non-hydrogen) atoms. The molecule has 0 saturated carbocycles. The maximum atomic E-state index is 14.8. The number of benzene rings is 2. The van der Waals surface area contributed by atoms with Crippen molar-refractivity contribution >= 4 is 141 Å². The molecule has 2 aromatic carbocycles. The van der Waals surface area contributed by atoms with Gasteiger partial charge in [0.05, 0.1) is 51.8 Å². The number of H-pyrrole nitrogens is 1. The normalized spacial score (nSPS) is 21.1. The molecule has 0 aliphatic carbocycles. The Morgan fingerprint density at radius 2 is 1.06 bits per heavy atom. The number of hydrogen-bond acceptors (Lipinski definition) is 24. The standard InChI is InChI=1S/C72H98N16O28/c1-5-6-7-8-9-10-11-20-52(92)80-43(24-37-30-75-41-19-15-13-16-38(37)41)66(109)83-44(26-51(74)91)67(110)85-47(29-59(103)104)68(111)88-61-36(4)116-72(115)48(25-50(90)39-17-12-14-18-40(39)73)86-71(114)60(34(2)23-56(97)98)87-69(112)49(33-89)81-54(94)31-76-63(106)45(27-57(99)100)82-62(105)35(3)78-65(108)46(28-58(101)102)84-64(107)42(21-22-55(95)96)79-53(93)32-77-70(61)113/h12-19,30,34-36,42-49,60-61,75,89H,5-11,20-29,31-33,73H2,1-4H3,(H2,74,91)(H,76,106)(H,77,113)(H,78,108)(H,79,93)(H,80,92)(H,81,94)(H,82,105)(H,83,109)(H,84,107)(H,85,110)(H,86,114)(H,87,112)(H,88,111)(H,95,96)(H,97,98)(H,99,100)(H,101,102)(H,103,104)/t34-,35+,36+,42-,43-,44-,45-,46-,47-,48-,49+,60-,61-/m0/s1. The van der Waals surface area contributed by atoms with Crippen LogP contribution in [0.4, 0.5) is 5.69 Å². The van der Waals surface area contributed by atoms with Crippen LogP contribution in [0, 0.1) is 5.92 Å². The molecule has 0 radical (unpaired) electrons. The van der Waals surface area contributed by atoms with Crippen LogP contribution < -0.4 is 80.6 Å². The van der Waals surface area contributed by atoms with E-state index in [4.69, 9.17) is 16.2 Å². The minimum atomic E-state index is -2.51. The molecular formula is C72H98N16O28. The predicted molar refractivity (Wildman–Crippen MR) is 399 cm³/mol. The molecular weight excluding hydrogens is 1540 g/mol. The largest absolute Gasteiger partial charge is 0.481 e. The number of primary amides is 1. The number of hydrogen-bond donors (Lipinski definition) is 22. The Morgan fingerprint density at radius 3 is 1.66 bits per heavy atom.